The number of nitro groups is 1. The maximum Gasteiger partial charge on any atom is 0.318 e. The van der Waals surface area contributed by atoms with Gasteiger partial charge in [-0.2, -0.15) is 0 Å². The van der Waals surface area contributed by atoms with Crippen molar-refractivity contribution in [3.05, 3.63) is 63.7 Å². The number of anilines is 1. The molecule has 0 saturated carbocycles. The van der Waals surface area contributed by atoms with Gasteiger partial charge in [0.25, 0.3) is 11.6 Å². The number of carbonyl (C=O) groups is 3. The van der Waals surface area contributed by atoms with Crippen molar-refractivity contribution < 1.29 is 24.0 Å². The molecule has 9 nitrogen and oxygen atoms in total. The first-order valence-electron chi connectivity index (χ1n) is 9.45. The fourth-order valence-corrected chi connectivity index (χ4v) is 5.61. The molecule has 0 spiro atoms. The number of non-ortho nitro benzene ring substituents is 1. The molecule has 31 heavy (non-hydrogen) atoms. The van der Waals surface area contributed by atoms with E-state index in [1.165, 1.54) is 37.0 Å². The van der Waals surface area contributed by atoms with Gasteiger partial charge in [-0.25, -0.2) is 0 Å². The summed E-state index contributed by atoms with van der Waals surface area (Å²) in [7, 11) is 2.85. The molecule has 0 radical (unpaired) electrons. The van der Waals surface area contributed by atoms with Crippen LogP contribution in [0.25, 0.3) is 0 Å². The number of piperazine rings is 1. The fourth-order valence-electron chi connectivity index (χ4n) is 3.97. The fraction of sp³-hybridized carbons (Fsp3) is 0.286. The summed E-state index contributed by atoms with van der Waals surface area (Å²) in [4.78, 5) is 50.1. The summed E-state index contributed by atoms with van der Waals surface area (Å²) in [6.45, 7) is 1.90. The Bertz CT molecular complexity index is 1120. The Morgan fingerprint density at radius 1 is 1.13 bits per heavy atom. The molecule has 2 aliphatic heterocycles. The summed E-state index contributed by atoms with van der Waals surface area (Å²) in [5, 5.41) is 11.0. The zero-order valence-corrected chi connectivity index (χ0v) is 17.8. The van der Waals surface area contributed by atoms with Crippen LogP contribution < -0.4 is 9.64 Å². The van der Waals surface area contributed by atoms with Crippen molar-refractivity contribution in [2.24, 2.45) is 0 Å². The predicted octanol–water partition coefficient (Wildman–Crippen LogP) is 2.68. The number of nitro benzene ring substituents is 1. The zero-order chi connectivity index (χ0) is 22.5. The number of nitrogens with zero attached hydrogens (tertiary/aromatic N) is 3. The molecule has 1 fully saturated rings. The highest BCUT2D eigenvalue weighted by Gasteiger charge is 2.61. The normalized spacial score (nSPS) is 21.1. The van der Waals surface area contributed by atoms with E-state index in [0.29, 0.717) is 11.3 Å². The third-order valence-electron chi connectivity index (χ3n) is 5.60. The second-order valence-electron chi connectivity index (χ2n) is 7.37. The van der Waals surface area contributed by atoms with Crippen LogP contribution in [0, 0.1) is 10.1 Å². The molecule has 2 aromatic rings. The number of hydrogen-bond acceptors (Lipinski definition) is 7. The minimum absolute atomic E-state index is 0.147. The van der Waals surface area contributed by atoms with E-state index >= 15 is 0 Å². The summed E-state index contributed by atoms with van der Waals surface area (Å²) < 4.78 is 5.18. The molecule has 2 atom stereocenters. The molecular formula is C21H19N3O6S. The molecule has 0 aliphatic carbocycles. The highest BCUT2D eigenvalue weighted by Crippen LogP contribution is 2.53. The van der Waals surface area contributed by atoms with Crippen LogP contribution in [0.15, 0.2) is 42.5 Å². The van der Waals surface area contributed by atoms with Gasteiger partial charge in [0.05, 0.1) is 17.7 Å². The Labute approximate surface area is 182 Å². The van der Waals surface area contributed by atoms with Gasteiger partial charge in [-0.3, -0.25) is 34.3 Å². The smallest absolute Gasteiger partial charge is 0.318 e. The predicted molar refractivity (Wildman–Crippen MR) is 114 cm³/mol. The van der Waals surface area contributed by atoms with Gasteiger partial charge in [0.1, 0.15) is 5.75 Å². The first kappa shape index (κ1) is 20.9. The number of methoxy groups -OCH3 is 1. The average molecular weight is 441 g/mol. The minimum Gasteiger partial charge on any atom is -0.497 e. The van der Waals surface area contributed by atoms with Gasteiger partial charge in [-0.1, -0.05) is 12.1 Å². The van der Waals surface area contributed by atoms with Crippen LogP contribution in [-0.4, -0.2) is 46.6 Å². The molecule has 3 amide bonds. The second-order valence-corrected chi connectivity index (χ2v) is 8.99. The summed E-state index contributed by atoms with van der Waals surface area (Å²) >= 11 is 1.24. The van der Waals surface area contributed by atoms with E-state index in [1.807, 2.05) is 19.1 Å². The van der Waals surface area contributed by atoms with Gasteiger partial charge >= 0.3 is 11.8 Å². The molecule has 2 aliphatic rings. The lowest BCUT2D eigenvalue weighted by Crippen LogP contribution is -2.67. The van der Waals surface area contributed by atoms with E-state index in [4.69, 9.17) is 4.74 Å². The zero-order valence-electron chi connectivity index (χ0n) is 17.0. The number of ether oxygens (including phenoxy) is 1. The standard InChI is InChI=1S/C21H19N3O6S/c1-12(13-5-8-16(30-3)9-6-13)31-21-11-14-4-7-15(24(28)29)10-17(14)23(21)19(26)18(25)22(2)20(21)27/h4-10,12H,11H2,1-3H3/t12-,21-/m1/s1. The lowest BCUT2D eigenvalue weighted by molar-refractivity contribution is -0.384. The number of imide groups is 1. The average Bonchev–Trinajstić information content (AvgIpc) is 3.10. The highest BCUT2D eigenvalue weighted by molar-refractivity contribution is 8.01. The Balaban J connectivity index is 1.79. The van der Waals surface area contributed by atoms with E-state index < -0.39 is 27.5 Å². The van der Waals surface area contributed by atoms with Crippen LogP contribution in [0.5, 0.6) is 5.75 Å². The SMILES string of the molecule is COc1ccc([C@@H](C)S[C@@]23Cc4ccc([N+](=O)[O-])cc4N2C(=O)C(=O)N(C)C3=O)cc1. The molecule has 4 rings (SSSR count). The minimum atomic E-state index is -1.41. The molecule has 0 unspecified atom stereocenters. The quantitative estimate of drug-likeness (QED) is 0.304. The Morgan fingerprint density at radius 2 is 1.81 bits per heavy atom. The molecule has 0 aromatic heterocycles. The number of rotatable bonds is 5. The Hall–Kier alpha value is -3.40. The van der Waals surface area contributed by atoms with Crippen LogP contribution >= 0.6 is 11.8 Å². The molecule has 2 heterocycles. The Kier molecular flexibility index (Phi) is 4.97. The van der Waals surface area contributed by atoms with Crippen molar-refractivity contribution in [2.75, 3.05) is 19.1 Å². The van der Waals surface area contributed by atoms with E-state index in [9.17, 15) is 24.5 Å². The van der Waals surface area contributed by atoms with Gasteiger partial charge in [0.15, 0.2) is 4.87 Å². The lowest BCUT2D eigenvalue weighted by Gasteiger charge is -2.43. The number of likely N-dealkylation sites (N-methyl/N-ethyl adjacent to an activating group) is 1. The molecule has 10 heteroatoms. The van der Waals surface area contributed by atoms with Crippen molar-refractivity contribution >= 4 is 40.9 Å². The monoisotopic (exact) mass is 441 g/mol. The molecule has 0 N–H and O–H groups in total. The van der Waals surface area contributed by atoms with E-state index in [0.717, 1.165) is 15.4 Å². The first-order valence-corrected chi connectivity index (χ1v) is 10.3. The van der Waals surface area contributed by atoms with Crippen molar-refractivity contribution in [3.8, 4) is 5.75 Å². The van der Waals surface area contributed by atoms with Gasteiger partial charge in [-0.05, 0) is 36.2 Å². The van der Waals surface area contributed by atoms with E-state index in [-0.39, 0.29) is 23.0 Å². The topological polar surface area (TPSA) is 110 Å². The van der Waals surface area contributed by atoms with Crippen molar-refractivity contribution in [1.29, 1.82) is 0 Å². The number of fused-ring (bicyclic) bond motifs is 3. The third kappa shape index (κ3) is 3.14. The van der Waals surface area contributed by atoms with Gasteiger partial charge in [-0.15, -0.1) is 11.8 Å². The summed E-state index contributed by atoms with van der Waals surface area (Å²) in [5.41, 5.74) is 1.52. The molecule has 1 saturated heterocycles. The summed E-state index contributed by atoms with van der Waals surface area (Å²) in [6.07, 6.45) is 0.147. The third-order valence-corrected chi connectivity index (χ3v) is 7.12. The lowest BCUT2D eigenvalue weighted by atomic mass is 10.1. The van der Waals surface area contributed by atoms with Gasteiger partial charge in [0.2, 0.25) is 0 Å². The second kappa shape index (κ2) is 7.38. The van der Waals surface area contributed by atoms with Crippen LogP contribution in [-0.2, 0) is 20.8 Å². The van der Waals surface area contributed by atoms with Crippen molar-refractivity contribution in [3.63, 3.8) is 0 Å². The van der Waals surface area contributed by atoms with Gasteiger partial charge < -0.3 is 4.74 Å². The Morgan fingerprint density at radius 3 is 2.42 bits per heavy atom. The summed E-state index contributed by atoms with van der Waals surface area (Å²) in [5.74, 6) is -1.68. The number of hydrogen-bond donors (Lipinski definition) is 0. The molecular weight excluding hydrogens is 422 g/mol. The summed E-state index contributed by atoms with van der Waals surface area (Å²) in [6, 6.07) is 11.5. The molecule has 0 bridgehead atoms. The van der Waals surface area contributed by atoms with Crippen LogP contribution in [0.2, 0.25) is 0 Å². The van der Waals surface area contributed by atoms with Gasteiger partial charge in [0, 0.05) is 30.9 Å². The molecule has 2 aromatic carbocycles. The highest BCUT2D eigenvalue weighted by atomic mass is 32.2. The number of carbonyl (C=O) groups excluding carboxylic acids is 3. The van der Waals surface area contributed by atoms with E-state index in [1.54, 1.807) is 19.2 Å². The van der Waals surface area contributed by atoms with Crippen LogP contribution in [0.4, 0.5) is 11.4 Å². The van der Waals surface area contributed by atoms with Crippen molar-refractivity contribution in [1.82, 2.24) is 4.90 Å². The van der Waals surface area contributed by atoms with Crippen molar-refractivity contribution in [2.45, 2.75) is 23.5 Å². The first-order chi connectivity index (χ1) is 14.7. The maximum absolute atomic E-state index is 13.4. The number of thioether (sulfide) groups is 1. The maximum atomic E-state index is 13.4. The molecule has 160 valence electrons. The number of amides is 3. The van der Waals surface area contributed by atoms with Crippen LogP contribution in [0.3, 0.4) is 0 Å². The largest absolute Gasteiger partial charge is 0.497 e. The van der Waals surface area contributed by atoms with Crippen LogP contribution in [0.1, 0.15) is 23.3 Å². The van der Waals surface area contributed by atoms with E-state index in [2.05, 4.69) is 0 Å². The number of benzene rings is 2.